The van der Waals surface area contributed by atoms with Gasteiger partial charge in [-0.2, -0.15) is 0 Å². The number of nitrogens with zero attached hydrogens (tertiary/aromatic N) is 4. The van der Waals surface area contributed by atoms with Crippen LogP contribution in [0, 0.1) is 6.92 Å². The molecule has 1 aliphatic rings. The summed E-state index contributed by atoms with van der Waals surface area (Å²) in [5.74, 6) is -0.708. The molecular weight excluding hydrogens is 444 g/mol. The Kier molecular flexibility index (Phi) is 7.19. The van der Waals surface area contributed by atoms with E-state index in [1.54, 1.807) is 35.8 Å². The van der Waals surface area contributed by atoms with Crippen LogP contribution in [0.3, 0.4) is 0 Å². The van der Waals surface area contributed by atoms with Crippen molar-refractivity contribution in [2.24, 2.45) is 0 Å². The van der Waals surface area contributed by atoms with Crippen LogP contribution >= 0.6 is 0 Å². The third-order valence-electron chi connectivity index (χ3n) is 6.00. The molecule has 1 aromatic heterocycles. The van der Waals surface area contributed by atoms with Gasteiger partial charge in [-0.15, -0.1) is 0 Å². The van der Waals surface area contributed by atoms with Gasteiger partial charge in [0, 0.05) is 36.8 Å². The maximum absolute atomic E-state index is 13.7. The number of ether oxygens (including phenoxy) is 1. The summed E-state index contributed by atoms with van der Waals surface area (Å²) in [4.78, 5) is 51.8. The Morgan fingerprint density at radius 1 is 0.943 bits per heavy atom. The van der Waals surface area contributed by atoms with E-state index in [0.717, 1.165) is 5.56 Å². The fraction of sp³-hybridized carbons (Fsp3) is 0.296. The van der Waals surface area contributed by atoms with Crippen molar-refractivity contribution in [3.63, 3.8) is 0 Å². The fourth-order valence-corrected chi connectivity index (χ4v) is 4.23. The van der Waals surface area contributed by atoms with Crippen LogP contribution in [0.5, 0.6) is 0 Å². The number of aromatic nitrogens is 2. The number of carbonyl (C=O) groups excluding carboxylic acids is 3. The predicted octanol–water partition coefficient (Wildman–Crippen LogP) is 3.62. The van der Waals surface area contributed by atoms with Gasteiger partial charge in [-0.05, 0) is 32.9 Å². The standard InChI is InChI=1S/C27H28N4O4/c1-4-35-27(34)22-19(3)28-24(20-11-7-5-8-12-20)29-23(22)26(33)30-15-16-31(18(2)17-30)25(32)21-13-9-6-10-14-21/h5-14,18H,4,15-17H2,1-3H3. The Bertz CT molecular complexity index is 1230. The number of aryl methyl sites for hydroxylation is 1. The number of hydrogen-bond acceptors (Lipinski definition) is 6. The summed E-state index contributed by atoms with van der Waals surface area (Å²) in [6.45, 7) is 6.49. The highest BCUT2D eigenvalue weighted by Gasteiger charge is 2.34. The molecule has 1 aliphatic heterocycles. The Balaban J connectivity index is 1.63. The van der Waals surface area contributed by atoms with E-state index < -0.39 is 5.97 Å². The first-order valence-corrected chi connectivity index (χ1v) is 11.7. The zero-order valence-electron chi connectivity index (χ0n) is 20.1. The first-order valence-electron chi connectivity index (χ1n) is 11.7. The Hall–Kier alpha value is -4.07. The predicted molar refractivity (Wildman–Crippen MR) is 131 cm³/mol. The second-order valence-electron chi connectivity index (χ2n) is 8.41. The van der Waals surface area contributed by atoms with Gasteiger partial charge in [0.1, 0.15) is 11.3 Å². The lowest BCUT2D eigenvalue weighted by Gasteiger charge is -2.40. The maximum atomic E-state index is 13.7. The quantitative estimate of drug-likeness (QED) is 0.527. The van der Waals surface area contributed by atoms with Gasteiger partial charge in [0.2, 0.25) is 0 Å². The first-order chi connectivity index (χ1) is 16.9. The van der Waals surface area contributed by atoms with Crippen LogP contribution in [-0.4, -0.2) is 69.8 Å². The molecule has 2 amide bonds. The number of benzene rings is 2. The highest BCUT2D eigenvalue weighted by atomic mass is 16.5. The van der Waals surface area contributed by atoms with Crippen LogP contribution < -0.4 is 0 Å². The Morgan fingerprint density at radius 3 is 2.23 bits per heavy atom. The molecule has 8 heteroatoms. The molecule has 35 heavy (non-hydrogen) atoms. The van der Waals surface area contributed by atoms with Crippen molar-refractivity contribution in [1.29, 1.82) is 0 Å². The van der Waals surface area contributed by atoms with Crippen LogP contribution in [0.25, 0.3) is 11.4 Å². The molecule has 2 heterocycles. The molecule has 1 atom stereocenters. The number of hydrogen-bond donors (Lipinski definition) is 0. The molecule has 0 bridgehead atoms. The molecule has 1 saturated heterocycles. The molecule has 8 nitrogen and oxygen atoms in total. The molecule has 180 valence electrons. The molecular formula is C27H28N4O4. The van der Waals surface area contributed by atoms with Gasteiger partial charge < -0.3 is 14.5 Å². The van der Waals surface area contributed by atoms with E-state index in [1.807, 2.05) is 55.5 Å². The topological polar surface area (TPSA) is 92.7 Å². The number of carbonyl (C=O) groups is 3. The smallest absolute Gasteiger partial charge is 0.342 e. The highest BCUT2D eigenvalue weighted by molar-refractivity contribution is 6.05. The molecule has 4 rings (SSSR count). The molecule has 0 spiro atoms. The van der Waals surface area contributed by atoms with Gasteiger partial charge in [-0.25, -0.2) is 14.8 Å². The lowest BCUT2D eigenvalue weighted by molar-refractivity contribution is 0.0406. The lowest BCUT2D eigenvalue weighted by Crippen LogP contribution is -2.55. The Labute approximate surface area is 204 Å². The number of piperazine rings is 1. The van der Waals surface area contributed by atoms with Crippen molar-refractivity contribution >= 4 is 17.8 Å². The molecule has 0 aliphatic carbocycles. The summed E-state index contributed by atoms with van der Waals surface area (Å²) in [6, 6.07) is 18.2. The van der Waals surface area contributed by atoms with Gasteiger partial charge in [-0.3, -0.25) is 9.59 Å². The second-order valence-corrected chi connectivity index (χ2v) is 8.41. The van der Waals surface area contributed by atoms with Crippen LogP contribution in [0.4, 0.5) is 0 Å². The van der Waals surface area contributed by atoms with E-state index in [0.29, 0.717) is 36.7 Å². The lowest BCUT2D eigenvalue weighted by atomic mass is 10.1. The SMILES string of the molecule is CCOC(=O)c1c(C)nc(-c2ccccc2)nc1C(=O)N1CCN(C(=O)c2ccccc2)C(C)C1. The van der Waals surface area contributed by atoms with E-state index in [2.05, 4.69) is 9.97 Å². The Morgan fingerprint density at radius 2 is 1.60 bits per heavy atom. The summed E-state index contributed by atoms with van der Waals surface area (Å²) in [7, 11) is 0. The molecule has 0 saturated carbocycles. The molecule has 0 radical (unpaired) electrons. The monoisotopic (exact) mass is 472 g/mol. The van der Waals surface area contributed by atoms with Gasteiger partial charge in [0.25, 0.3) is 11.8 Å². The minimum absolute atomic E-state index is 0.0184. The molecule has 1 unspecified atom stereocenters. The van der Waals surface area contributed by atoms with Crippen LogP contribution in [0.1, 0.15) is 50.7 Å². The van der Waals surface area contributed by atoms with E-state index in [1.165, 1.54) is 0 Å². The average Bonchev–Trinajstić information content (AvgIpc) is 2.88. The molecule has 3 aromatic rings. The van der Waals surface area contributed by atoms with E-state index in [4.69, 9.17) is 4.74 Å². The van der Waals surface area contributed by atoms with Crippen molar-refractivity contribution in [2.75, 3.05) is 26.2 Å². The highest BCUT2D eigenvalue weighted by Crippen LogP contribution is 2.23. The van der Waals surface area contributed by atoms with Crippen LogP contribution in [0.15, 0.2) is 60.7 Å². The molecule has 0 N–H and O–H groups in total. The van der Waals surface area contributed by atoms with E-state index in [-0.39, 0.29) is 35.7 Å². The van der Waals surface area contributed by atoms with E-state index in [9.17, 15) is 14.4 Å². The summed E-state index contributed by atoms with van der Waals surface area (Å²) >= 11 is 0. The number of esters is 1. The van der Waals surface area contributed by atoms with E-state index >= 15 is 0 Å². The minimum atomic E-state index is -0.626. The van der Waals surface area contributed by atoms with Gasteiger partial charge in [-0.1, -0.05) is 48.5 Å². The summed E-state index contributed by atoms with van der Waals surface area (Å²) < 4.78 is 5.21. The number of amides is 2. The zero-order chi connectivity index (χ0) is 24.9. The maximum Gasteiger partial charge on any atom is 0.342 e. The van der Waals surface area contributed by atoms with Crippen molar-refractivity contribution in [2.45, 2.75) is 26.8 Å². The van der Waals surface area contributed by atoms with Gasteiger partial charge in [0.15, 0.2) is 5.82 Å². The summed E-state index contributed by atoms with van der Waals surface area (Å²) in [6.07, 6.45) is 0. The minimum Gasteiger partial charge on any atom is -0.462 e. The van der Waals surface area contributed by atoms with Crippen LogP contribution in [-0.2, 0) is 4.74 Å². The van der Waals surface area contributed by atoms with Crippen molar-refractivity contribution in [1.82, 2.24) is 19.8 Å². The summed E-state index contributed by atoms with van der Waals surface area (Å²) in [5, 5.41) is 0. The second kappa shape index (κ2) is 10.5. The van der Waals surface area contributed by atoms with Gasteiger partial charge in [0.05, 0.1) is 12.3 Å². The van der Waals surface area contributed by atoms with Crippen molar-refractivity contribution in [3.05, 3.63) is 83.2 Å². The average molecular weight is 473 g/mol. The number of rotatable bonds is 5. The zero-order valence-corrected chi connectivity index (χ0v) is 20.1. The van der Waals surface area contributed by atoms with Crippen molar-refractivity contribution in [3.8, 4) is 11.4 Å². The third-order valence-corrected chi connectivity index (χ3v) is 6.00. The molecule has 2 aromatic carbocycles. The van der Waals surface area contributed by atoms with Crippen molar-refractivity contribution < 1.29 is 19.1 Å². The van der Waals surface area contributed by atoms with Crippen LogP contribution in [0.2, 0.25) is 0 Å². The largest absolute Gasteiger partial charge is 0.462 e. The third kappa shape index (κ3) is 5.06. The first kappa shape index (κ1) is 24.1. The molecule has 1 fully saturated rings. The normalized spacial score (nSPS) is 15.6. The van der Waals surface area contributed by atoms with Gasteiger partial charge >= 0.3 is 5.97 Å². The summed E-state index contributed by atoms with van der Waals surface area (Å²) in [5.41, 5.74) is 1.83. The fourth-order valence-electron chi connectivity index (χ4n) is 4.23.